The van der Waals surface area contributed by atoms with Gasteiger partial charge in [-0.2, -0.15) is 0 Å². The number of carbonyl (C=O) groups is 2. The third kappa shape index (κ3) is 5.14. The summed E-state index contributed by atoms with van der Waals surface area (Å²) in [5.41, 5.74) is 0.918. The fourth-order valence-corrected chi connectivity index (χ4v) is 5.36. The Bertz CT molecular complexity index is 1130. The predicted octanol–water partition coefficient (Wildman–Crippen LogP) is 0.921. The van der Waals surface area contributed by atoms with Crippen molar-refractivity contribution in [2.24, 2.45) is 0 Å². The van der Waals surface area contributed by atoms with Gasteiger partial charge in [-0.25, -0.2) is 18.4 Å². The zero-order valence-electron chi connectivity index (χ0n) is 18.2. The number of nitrogens with zero attached hydrogens (tertiary/aromatic N) is 4. The minimum Gasteiger partial charge on any atom is -0.353 e. The largest absolute Gasteiger partial charge is 0.353 e. The zero-order valence-corrected chi connectivity index (χ0v) is 19.0. The molecule has 10 nitrogen and oxygen atoms in total. The number of rotatable bonds is 6. The first-order valence-electron chi connectivity index (χ1n) is 10.7. The highest BCUT2D eigenvalue weighted by Crippen LogP contribution is 2.23. The molecular weight excluding hydrogens is 444 g/mol. The van der Waals surface area contributed by atoms with Gasteiger partial charge in [0.05, 0.1) is 11.3 Å². The molecule has 0 unspecified atom stereocenters. The Hall–Kier alpha value is -3.47. The topological polar surface area (TPSA) is 125 Å². The highest BCUT2D eigenvalue weighted by molar-refractivity contribution is 7.89. The number of amides is 2. The molecule has 0 spiro atoms. The molecule has 2 amide bonds. The van der Waals surface area contributed by atoms with Crippen LogP contribution in [0.25, 0.3) is 0 Å². The summed E-state index contributed by atoms with van der Waals surface area (Å²) >= 11 is 0. The van der Waals surface area contributed by atoms with Crippen molar-refractivity contribution in [3.8, 4) is 0 Å². The second-order valence-electron chi connectivity index (χ2n) is 8.07. The third-order valence-electron chi connectivity index (χ3n) is 5.73. The molecule has 1 saturated heterocycles. The maximum absolute atomic E-state index is 13.1. The van der Waals surface area contributed by atoms with Crippen molar-refractivity contribution < 1.29 is 18.0 Å². The van der Waals surface area contributed by atoms with E-state index in [9.17, 15) is 18.0 Å². The smallest absolute Gasteiger partial charge is 0.264 e. The molecule has 0 bridgehead atoms. The molecule has 33 heavy (non-hydrogen) atoms. The van der Waals surface area contributed by atoms with E-state index in [0.717, 1.165) is 9.87 Å². The van der Waals surface area contributed by atoms with Crippen molar-refractivity contribution >= 4 is 27.8 Å². The monoisotopic (exact) mass is 470 g/mol. The van der Waals surface area contributed by atoms with Gasteiger partial charge in [-0.3, -0.25) is 13.9 Å². The van der Waals surface area contributed by atoms with E-state index >= 15 is 0 Å². The lowest BCUT2D eigenvalue weighted by atomic mass is 10.0. The SMILES string of the molecule is Cc1ccc(S(=O)(=O)N2C=CNC(=O)[C@H]2CC(=O)NC2CCN(c3ncccn3)CC2)cc1. The van der Waals surface area contributed by atoms with Crippen LogP contribution in [0.1, 0.15) is 24.8 Å². The van der Waals surface area contributed by atoms with Crippen LogP contribution < -0.4 is 15.5 Å². The van der Waals surface area contributed by atoms with Crippen LogP contribution in [0.4, 0.5) is 5.95 Å². The van der Waals surface area contributed by atoms with E-state index < -0.39 is 22.0 Å². The number of sulfonamides is 1. The second-order valence-corrected chi connectivity index (χ2v) is 9.91. The summed E-state index contributed by atoms with van der Waals surface area (Å²) in [4.78, 5) is 35.9. The minimum atomic E-state index is -3.99. The molecule has 4 rings (SSSR count). The van der Waals surface area contributed by atoms with E-state index in [1.54, 1.807) is 30.6 Å². The van der Waals surface area contributed by atoms with Gasteiger partial charge < -0.3 is 15.5 Å². The molecule has 11 heteroatoms. The third-order valence-corrected chi connectivity index (χ3v) is 7.53. The number of aryl methyl sites for hydroxylation is 1. The van der Waals surface area contributed by atoms with Crippen LogP contribution in [-0.2, 0) is 19.6 Å². The molecule has 1 aromatic heterocycles. The quantitative estimate of drug-likeness (QED) is 0.643. The van der Waals surface area contributed by atoms with Gasteiger partial charge in [0.2, 0.25) is 17.8 Å². The summed E-state index contributed by atoms with van der Waals surface area (Å²) in [6.45, 7) is 3.24. The minimum absolute atomic E-state index is 0.0633. The van der Waals surface area contributed by atoms with Crippen molar-refractivity contribution in [3.05, 3.63) is 60.7 Å². The van der Waals surface area contributed by atoms with Gasteiger partial charge in [0, 0.05) is 43.9 Å². The van der Waals surface area contributed by atoms with Crippen molar-refractivity contribution in [2.75, 3.05) is 18.0 Å². The number of piperidine rings is 1. The molecule has 0 saturated carbocycles. The van der Waals surface area contributed by atoms with E-state index in [-0.39, 0.29) is 23.3 Å². The molecule has 1 atom stereocenters. The number of benzene rings is 1. The van der Waals surface area contributed by atoms with E-state index in [2.05, 4.69) is 25.5 Å². The molecule has 0 aliphatic carbocycles. The van der Waals surface area contributed by atoms with Gasteiger partial charge in [-0.05, 0) is 38.0 Å². The number of aromatic nitrogens is 2. The van der Waals surface area contributed by atoms with E-state index in [1.807, 2.05) is 6.92 Å². The first-order chi connectivity index (χ1) is 15.8. The molecule has 1 aromatic carbocycles. The van der Waals surface area contributed by atoms with Crippen LogP contribution in [0, 0.1) is 6.92 Å². The predicted molar refractivity (Wildman–Crippen MR) is 121 cm³/mol. The standard InChI is InChI=1S/C22H26N6O4S/c1-16-3-5-18(6-4-16)33(31,32)28-14-11-23-21(30)19(28)15-20(29)26-17-7-12-27(13-8-17)22-24-9-2-10-25-22/h2-6,9-11,14,17,19H,7-8,12-13,15H2,1H3,(H,23,30)(H,26,29)/t19-/m1/s1. The normalized spacial score (nSPS) is 19.3. The first kappa shape index (κ1) is 22.7. The van der Waals surface area contributed by atoms with Crippen LogP contribution in [0.5, 0.6) is 0 Å². The van der Waals surface area contributed by atoms with Gasteiger partial charge in [-0.1, -0.05) is 17.7 Å². The van der Waals surface area contributed by atoms with Crippen molar-refractivity contribution in [1.29, 1.82) is 0 Å². The van der Waals surface area contributed by atoms with Crippen LogP contribution in [0.3, 0.4) is 0 Å². The summed E-state index contributed by atoms with van der Waals surface area (Å²) in [7, 11) is -3.99. The van der Waals surface area contributed by atoms with Crippen LogP contribution in [-0.4, -0.2) is 59.7 Å². The number of hydrogen-bond donors (Lipinski definition) is 2. The van der Waals surface area contributed by atoms with Crippen LogP contribution in [0.15, 0.2) is 60.0 Å². The second kappa shape index (κ2) is 9.57. The molecule has 174 valence electrons. The average Bonchev–Trinajstić information content (AvgIpc) is 2.81. The van der Waals surface area contributed by atoms with Gasteiger partial charge in [-0.15, -0.1) is 0 Å². The first-order valence-corrected chi connectivity index (χ1v) is 12.2. The number of hydrogen-bond acceptors (Lipinski definition) is 7. The van der Waals surface area contributed by atoms with E-state index in [4.69, 9.17) is 0 Å². The Balaban J connectivity index is 1.39. The summed E-state index contributed by atoms with van der Waals surface area (Å²) in [6, 6.07) is 6.89. The molecule has 2 aliphatic rings. The van der Waals surface area contributed by atoms with E-state index in [1.165, 1.54) is 24.5 Å². The van der Waals surface area contributed by atoms with Crippen LogP contribution in [0.2, 0.25) is 0 Å². The molecule has 2 aliphatic heterocycles. The van der Waals surface area contributed by atoms with Crippen molar-refractivity contribution in [2.45, 2.75) is 43.2 Å². The van der Waals surface area contributed by atoms with Crippen LogP contribution >= 0.6 is 0 Å². The Kier molecular flexibility index (Phi) is 6.59. The molecule has 1 fully saturated rings. The fourth-order valence-electron chi connectivity index (χ4n) is 3.91. The summed E-state index contributed by atoms with van der Waals surface area (Å²) in [5, 5.41) is 5.45. The molecule has 2 N–H and O–H groups in total. The van der Waals surface area contributed by atoms with Gasteiger partial charge >= 0.3 is 0 Å². The maximum atomic E-state index is 13.1. The Morgan fingerprint density at radius 1 is 1.15 bits per heavy atom. The maximum Gasteiger partial charge on any atom is 0.264 e. The molecule has 0 radical (unpaired) electrons. The van der Waals surface area contributed by atoms with Gasteiger partial charge in [0.25, 0.3) is 10.0 Å². The number of carbonyl (C=O) groups excluding carboxylic acids is 2. The molecular formula is C22H26N6O4S. The number of anilines is 1. The Morgan fingerprint density at radius 2 is 1.82 bits per heavy atom. The lowest BCUT2D eigenvalue weighted by Gasteiger charge is -2.34. The lowest BCUT2D eigenvalue weighted by Crippen LogP contribution is -2.52. The highest BCUT2D eigenvalue weighted by atomic mass is 32.2. The Labute approximate surface area is 192 Å². The van der Waals surface area contributed by atoms with E-state index in [0.29, 0.717) is 31.9 Å². The summed E-state index contributed by atoms with van der Waals surface area (Å²) < 4.78 is 27.2. The van der Waals surface area contributed by atoms with Gasteiger partial charge in [0.1, 0.15) is 6.04 Å². The van der Waals surface area contributed by atoms with Gasteiger partial charge in [0.15, 0.2) is 0 Å². The Morgan fingerprint density at radius 3 is 2.48 bits per heavy atom. The zero-order chi connectivity index (χ0) is 23.4. The lowest BCUT2D eigenvalue weighted by molar-refractivity contribution is -0.129. The fraction of sp³-hybridized carbons (Fsp3) is 0.364. The average molecular weight is 471 g/mol. The molecule has 2 aromatic rings. The van der Waals surface area contributed by atoms with Crippen molar-refractivity contribution in [1.82, 2.24) is 24.9 Å². The number of nitrogens with one attached hydrogen (secondary N) is 2. The highest BCUT2D eigenvalue weighted by Gasteiger charge is 2.37. The summed E-state index contributed by atoms with van der Waals surface area (Å²) in [5.74, 6) is -0.256. The van der Waals surface area contributed by atoms with Crippen molar-refractivity contribution in [3.63, 3.8) is 0 Å². The molecule has 3 heterocycles. The summed E-state index contributed by atoms with van der Waals surface area (Å²) in [6.07, 6.45) is 7.06.